The molecule has 114 valence electrons. The van der Waals surface area contributed by atoms with E-state index in [1.807, 2.05) is 0 Å². The summed E-state index contributed by atoms with van der Waals surface area (Å²) in [4.78, 5) is 12.0. The Labute approximate surface area is 122 Å². The SMILES string of the molecule is O=C1O[C@@](c2ccc(F)cc2)(C(F)(F)F)Nc2ccccc21. The molecule has 3 rings (SSSR count). The van der Waals surface area contributed by atoms with Gasteiger partial charge in [0, 0.05) is 5.56 Å². The first-order valence-electron chi connectivity index (χ1n) is 6.27. The van der Waals surface area contributed by atoms with Crippen molar-refractivity contribution < 1.29 is 27.1 Å². The van der Waals surface area contributed by atoms with Gasteiger partial charge in [0.05, 0.1) is 11.3 Å². The highest BCUT2D eigenvalue weighted by molar-refractivity contribution is 5.97. The molecule has 0 radical (unpaired) electrons. The maximum atomic E-state index is 13.6. The average molecular weight is 311 g/mol. The lowest BCUT2D eigenvalue weighted by atomic mass is 9.98. The number of halogens is 4. The number of carbonyl (C=O) groups excluding carboxylic acids is 1. The second-order valence-corrected chi connectivity index (χ2v) is 4.75. The van der Waals surface area contributed by atoms with E-state index in [0.717, 1.165) is 24.3 Å². The van der Waals surface area contributed by atoms with Gasteiger partial charge < -0.3 is 10.1 Å². The van der Waals surface area contributed by atoms with Crippen LogP contribution in [-0.2, 0) is 10.5 Å². The van der Waals surface area contributed by atoms with Gasteiger partial charge in [-0.25, -0.2) is 9.18 Å². The van der Waals surface area contributed by atoms with E-state index in [1.165, 1.54) is 24.3 Å². The summed E-state index contributed by atoms with van der Waals surface area (Å²) in [6, 6.07) is 9.32. The Morgan fingerprint density at radius 1 is 1.00 bits per heavy atom. The number of anilines is 1. The van der Waals surface area contributed by atoms with Crippen LogP contribution in [0.3, 0.4) is 0 Å². The molecule has 0 bridgehead atoms. The van der Waals surface area contributed by atoms with Crippen molar-refractivity contribution in [1.82, 2.24) is 0 Å². The molecule has 1 heterocycles. The minimum atomic E-state index is -4.94. The average Bonchev–Trinajstić information content (AvgIpc) is 2.46. The third-order valence-corrected chi connectivity index (χ3v) is 3.35. The minimum Gasteiger partial charge on any atom is -0.421 e. The van der Waals surface area contributed by atoms with E-state index in [4.69, 9.17) is 4.74 Å². The van der Waals surface area contributed by atoms with Crippen molar-refractivity contribution in [2.45, 2.75) is 11.9 Å². The molecule has 1 N–H and O–H groups in total. The van der Waals surface area contributed by atoms with Gasteiger partial charge in [0.2, 0.25) is 0 Å². The molecule has 0 unspecified atom stereocenters. The highest BCUT2D eigenvalue weighted by atomic mass is 19.4. The van der Waals surface area contributed by atoms with Gasteiger partial charge >= 0.3 is 17.9 Å². The topological polar surface area (TPSA) is 38.3 Å². The Morgan fingerprint density at radius 3 is 2.27 bits per heavy atom. The Kier molecular flexibility index (Phi) is 3.09. The molecule has 0 aliphatic carbocycles. The minimum absolute atomic E-state index is 0.000370. The van der Waals surface area contributed by atoms with Crippen LogP contribution in [0.2, 0.25) is 0 Å². The van der Waals surface area contributed by atoms with Crippen LogP contribution in [-0.4, -0.2) is 12.1 Å². The number of fused-ring (bicyclic) bond motifs is 1. The molecule has 0 amide bonds. The van der Waals surface area contributed by atoms with Gasteiger partial charge in [-0.1, -0.05) is 12.1 Å². The predicted molar refractivity (Wildman–Crippen MR) is 69.6 cm³/mol. The van der Waals surface area contributed by atoms with Gasteiger partial charge in [0.25, 0.3) is 0 Å². The summed E-state index contributed by atoms with van der Waals surface area (Å²) in [6.45, 7) is 0. The van der Waals surface area contributed by atoms with E-state index in [9.17, 15) is 22.4 Å². The van der Waals surface area contributed by atoms with E-state index in [0.29, 0.717) is 0 Å². The van der Waals surface area contributed by atoms with Gasteiger partial charge in [0.15, 0.2) is 0 Å². The summed E-state index contributed by atoms with van der Waals surface area (Å²) < 4.78 is 58.5. The molecule has 3 nitrogen and oxygen atoms in total. The quantitative estimate of drug-likeness (QED) is 0.642. The van der Waals surface area contributed by atoms with Gasteiger partial charge in [-0.2, -0.15) is 13.2 Å². The van der Waals surface area contributed by atoms with Crippen LogP contribution >= 0.6 is 0 Å². The number of esters is 1. The first-order chi connectivity index (χ1) is 10.3. The number of rotatable bonds is 1. The largest absolute Gasteiger partial charge is 0.453 e. The lowest BCUT2D eigenvalue weighted by Crippen LogP contribution is -2.54. The zero-order valence-corrected chi connectivity index (χ0v) is 10.9. The highest BCUT2D eigenvalue weighted by Crippen LogP contribution is 2.46. The van der Waals surface area contributed by atoms with Crippen LogP contribution in [0.4, 0.5) is 23.2 Å². The molecule has 1 atom stereocenters. The highest BCUT2D eigenvalue weighted by Gasteiger charge is 2.62. The molecule has 7 heteroatoms. The van der Waals surface area contributed by atoms with Gasteiger partial charge in [-0.05, 0) is 36.4 Å². The van der Waals surface area contributed by atoms with Gasteiger partial charge in [-0.15, -0.1) is 0 Å². The van der Waals surface area contributed by atoms with Crippen molar-refractivity contribution in [2.24, 2.45) is 0 Å². The van der Waals surface area contributed by atoms with Crippen molar-refractivity contribution >= 4 is 11.7 Å². The summed E-state index contributed by atoms with van der Waals surface area (Å²) in [5.41, 5.74) is -3.46. The van der Waals surface area contributed by atoms with Gasteiger partial charge in [0.1, 0.15) is 5.82 Å². The molecule has 0 saturated heterocycles. The fourth-order valence-corrected chi connectivity index (χ4v) is 2.29. The van der Waals surface area contributed by atoms with Crippen molar-refractivity contribution in [3.63, 3.8) is 0 Å². The van der Waals surface area contributed by atoms with Crippen molar-refractivity contribution in [3.05, 3.63) is 65.5 Å². The lowest BCUT2D eigenvalue weighted by molar-refractivity contribution is -0.254. The maximum Gasteiger partial charge on any atom is 0.453 e. The fourth-order valence-electron chi connectivity index (χ4n) is 2.29. The molecule has 22 heavy (non-hydrogen) atoms. The van der Waals surface area contributed by atoms with Gasteiger partial charge in [-0.3, -0.25) is 0 Å². The van der Waals surface area contributed by atoms with E-state index in [2.05, 4.69) is 5.32 Å². The molecule has 0 saturated carbocycles. The zero-order chi connectivity index (χ0) is 16.0. The first-order valence-corrected chi connectivity index (χ1v) is 6.27. The molecule has 0 spiro atoms. The summed E-state index contributed by atoms with van der Waals surface area (Å²) in [5, 5.41) is 2.23. The second-order valence-electron chi connectivity index (χ2n) is 4.75. The monoisotopic (exact) mass is 311 g/mol. The normalized spacial score (nSPS) is 20.8. The van der Waals surface area contributed by atoms with E-state index in [-0.39, 0.29) is 11.3 Å². The third kappa shape index (κ3) is 2.09. The summed E-state index contributed by atoms with van der Waals surface area (Å²) in [6.07, 6.45) is -4.94. The van der Waals surface area contributed by atoms with Crippen LogP contribution in [0.5, 0.6) is 0 Å². The maximum absolute atomic E-state index is 13.6. The Balaban J connectivity index is 2.18. The number of benzene rings is 2. The van der Waals surface area contributed by atoms with Crippen molar-refractivity contribution in [1.29, 1.82) is 0 Å². The smallest absolute Gasteiger partial charge is 0.421 e. The molecule has 1 aliphatic heterocycles. The van der Waals surface area contributed by atoms with E-state index >= 15 is 0 Å². The number of cyclic esters (lactones) is 1. The number of hydrogen-bond acceptors (Lipinski definition) is 3. The number of nitrogens with one attached hydrogen (secondary N) is 1. The van der Waals surface area contributed by atoms with Crippen LogP contribution in [0.15, 0.2) is 48.5 Å². The summed E-state index contributed by atoms with van der Waals surface area (Å²) in [5.74, 6) is -1.79. The van der Waals surface area contributed by atoms with E-state index < -0.39 is 29.3 Å². The summed E-state index contributed by atoms with van der Waals surface area (Å²) in [7, 11) is 0. The molecular weight excluding hydrogens is 302 g/mol. The van der Waals surface area contributed by atoms with Crippen molar-refractivity contribution in [3.8, 4) is 0 Å². The van der Waals surface area contributed by atoms with Crippen molar-refractivity contribution in [2.75, 3.05) is 5.32 Å². The zero-order valence-electron chi connectivity index (χ0n) is 10.9. The molecule has 0 aromatic heterocycles. The fraction of sp³-hybridized carbons (Fsp3) is 0.133. The van der Waals surface area contributed by atoms with E-state index in [1.54, 1.807) is 0 Å². The first kappa shape index (κ1) is 14.4. The number of alkyl halides is 3. The molecule has 2 aromatic rings. The van der Waals surface area contributed by atoms with Crippen LogP contribution < -0.4 is 5.32 Å². The molecule has 1 aliphatic rings. The second kappa shape index (κ2) is 4.72. The molecule has 0 fully saturated rings. The van der Waals surface area contributed by atoms with Crippen LogP contribution in [0.25, 0.3) is 0 Å². The molecule has 2 aromatic carbocycles. The standard InChI is InChI=1S/C15H9F4NO2/c16-10-7-5-9(6-8-10)14(15(17,18)19)20-12-4-2-1-3-11(12)13(21)22-14/h1-8,20H/t14-/m0/s1. The lowest BCUT2D eigenvalue weighted by Gasteiger charge is -2.40. The number of ether oxygens (including phenoxy) is 1. The number of para-hydroxylation sites is 1. The van der Waals surface area contributed by atoms with Crippen LogP contribution in [0.1, 0.15) is 15.9 Å². The third-order valence-electron chi connectivity index (χ3n) is 3.35. The molecular formula is C15H9F4NO2. The Morgan fingerprint density at radius 2 is 1.64 bits per heavy atom. The number of carbonyl (C=O) groups is 1. The summed E-state index contributed by atoms with van der Waals surface area (Å²) >= 11 is 0. The predicted octanol–water partition coefficient (Wildman–Crippen LogP) is 3.82. The Hall–Kier alpha value is -2.57. The Bertz CT molecular complexity index is 727. The number of hydrogen-bond donors (Lipinski definition) is 1. The van der Waals surface area contributed by atoms with Crippen LogP contribution in [0, 0.1) is 5.82 Å².